The quantitative estimate of drug-likeness (QED) is 0.406. The van der Waals surface area contributed by atoms with Gasteiger partial charge in [-0.05, 0) is 50.4 Å². The minimum atomic E-state index is -2.95. The topological polar surface area (TPSA) is 27.7 Å². The average molecular weight is 433 g/mol. The molecule has 0 aliphatic rings. The monoisotopic (exact) mass is 432 g/mol. The van der Waals surface area contributed by atoms with Crippen LogP contribution in [0.2, 0.25) is 44.8 Å². The van der Waals surface area contributed by atoms with Crippen molar-refractivity contribution in [1.29, 1.82) is 0 Å². The van der Waals surface area contributed by atoms with Gasteiger partial charge >= 0.3 is 8.80 Å². The molecule has 0 aliphatic heterocycles. The second-order valence-electron chi connectivity index (χ2n) is 9.51. The Morgan fingerprint density at radius 1 is 0.607 bits per heavy atom. The van der Waals surface area contributed by atoms with Crippen molar-refractivity contribution in [3.63, 3.8) is 0 Å². The molecule has 0 N–H and O–H groups in total. The van der Waals surface area contributed by atoms with Crippen molar-refractivity contribution in [3.8, 4) is 0 Å². The molecule has 0 heterocycles. The highest BCUT2D eigenvalue weighted by Gasteiger charge is 2.52. The third-order valence-corrected chi connectivity index (χ3v) is 13.2. The molecule has 28 heavy (non-hydrogen) atoms. The fourth-order valence-electron chi connectivity index (χ4n) is 3.04. The minimum Gasteiger partial charge on any atom is -0.416 e. The highest BCUT2D eigenvalue weighted by Crippen LogP contribution is 2.38. The van der Waals surface area contributed by atoms with E-state index in [0.717, 1.165) is 11.1 Å². The molecule has 0 aromatic heterocycles. The van der Waals surface area contributed by atoms with Gasteiger partial charge in [0.25, 0.3) is 0 Å². The van der Waals surface area contributed by atoms with Gasteiger partial charge in [-0.3, -0.25) is 0 Å². The van der Waals surface area contributed by atoms with Gasteiger partial charge < -0.3 is 12.7 Å². The van der Waals surface area contributed by atoms with E-state index in [1.807, 2.05) is 12.1 Å². The summed E-state index contributed by atoms with van der Waals surface area (Å²) in [6.07, 6.45) is -0.204. The van der Waals surface area contributed by atoms with Gasteiger partial charge in [0.05, 0.1) is 0 Å². The maximum Gasteiger partial charge on any atom is 0.483 e. The van der Waals surface area contributed by atoms with Crippen LogP contribution >= 0.6 is 0 Å². The van der Waals surface area contributed by atoms with Gasteiger partial charge in [-0.15, -0.1) is 0 Å². The molecule has 0 fully saturated rings. The van der Waals surface area contributed by atoms with Gasteiger partial charge in [0, 0.05) is 5.54 Å². The summed E-state index contributed by atoms with van der Waals surface area (Å²) in [6.45, 7) is 17.7. The summed E-state index contributed by atoms with van der Waals surface area (Å²) < 4.78 is 20.6. The van der Waals surface area contributed by atoms with Crippen molar-refractivity contribution in [2.45, 2.75) is 64.8 Å². The van der Waals surface area contributed by atoms with E-state index in [0.29, 0.717) is 0 Å². The zero-order chi connectivity index (χ0) is 21.0. The summed E-state index contributed by atoms with van der Waals surface area (Å²) in [5, 5.41) is 0. The minimum absolute atomic E-state index is 0.181. The van der Waals surface area contributed by atoms with E-state index in [-0.39, 0.29) is 11.6 Å². The van der Waals surface area contributed by atoms with Crippen LogP contribution in [0.25, 0.3) is 0 Å². The van der Waals surface area contributed by atoms with Crippen molar-refractivity contribution < 1.29 is 12.7 Å². The molecule has 0 aliphatic carbocycles. The molecule has 0 saturated heterocycles. The number of benzene rings is 2. The van der Waals surface area contributed by atoms with Crippen LogP contribution in [-0.2, 0) is 12.7 Å². The van der Waals surface area contributed by atoms with Crippen LogP contribution in [0.5, 0.6) is 0 Å². The largest absolute Gasteiger partial charge is 0.483 e. The Labute approximate surface area is 174 Å². The van der Waals surface area contributed by atoms with Crippen molar-refractivity contribution in [2.24, 2.45) is 0 Å². The lowest BCUT2D eigenvalue weighted by atomic mass is 10.0. The zero-order valence-corrected chi connectivity index (χ0v) is 21.7. The maximum absolute atomic E-state index is 6.99. The molecular weight excluding hydrogens is 396 g/mol. The van der Waals surface area contributed by atoms with Gasteiger partial charge in [-0.2, -0.15) is 0 Å². The third kappa shape index (κ3) is 6.79. The van der Waals surface area contributed by atoms with Gasteiger partial charge in [0.2, 0.25) is 0 Å². The molecule has 3 nitrogen and oxygen atoms in total. The van der Waals surface area contributed by atoms with E-state index < -0.39 is 25.4 Å². The normalized spacial score (nSPS) is 13.4. The van der Waals surface area contributed by atoms with Gasteiger partial charge in [0.1, 0.15) is 6.10 Å². The molecule has 0 bridgehead atoms. The molecule has 0 atom stereocenters. The second-order valence-corrected chi connectivity index (χ2v) is 22.2. The standard InChI is InChI=1S/C22H36O3Si3/c1-19(2)28(24-26(3,4)5,25-27(6,7)8)23-22(20-15-11-9-12-16-20)21-17-13-10-14-18-21/h9-19,22H,1-8H3. The molecule has 2 aromatic carbocycles. The molecule has 6 heteroatoms. The Hall–Kier alpha value is -1.03. The van der Waals surface area contributed by atoms with Crippen molar-refractivity contribution in [3.05, 3.63) is 71.8 Å². The van der Waals surface area contributed by atoms with Crippen LogP contribution in [0, 0.1) is 0 Å². The molecule has 2 aromatic rings. The second kappa shape index (κ2) is 9.19. The lowest BCUT2D eigenvalue weighted by Gasteiger charge is -2.43. The van der Waals surface area contributed by atoms with Crippen LogP contribution < -0.4 is 0 Å². The first-order valence-electron chi connectivity index (χ1n) is 10.1. The van der Waals surface area contributed by atoms with E-state index in [9.17, 15) is 0 Å². The fraction of sp³-hybridized carbons (Fsp3) is 0.455. The first-order chi connectivity index (χ1) is 12.9. The number of rotatable bonds is 9. The van der Waals surface area contributed by atoms with Crippen molar-refractivity contribution in [2.75, 3.05) is 0 Å². The van der Waals surface area contributed by atoms with Gasteiger partial charge in [0.15, 0.2) is 16.6 Å². The summed E-state index contributed by atoms with van der Waals surface area (Å²) in [5.41, 5.74) is 2.44. The van der Waals surface area contributed by atoms with Gasteiger partial charge in [-0.25, -0.2) is 0 Å². The van der Waals surface area contributed by atoms with E-state index >= 15 is 0 Å². The van der Waals surface area contributed by atoms with Crippen LogP contribution in [0.3, 0.4) is 0 Å². The van der Waals surface area contributed by atoms with Gasteiger partial charge in [-0.1, -0.05) is 74.5 Å². The molecule has 0 unspecified atom stereocenters. The van der Waals surface area contributed by atoms with E-state index in [1.165, 1.54) is 0 Å². The molecule has 0 spiro atoms. The lowest BCUT2D eigenvalue weighted by Crippen LogP contribution is -2.59. The highest BCUT2D eigenvalue weighted by molar-refractivity contribution is 6.86. The summed E-state index contributed by atoms with van der Waals surface area (Å²) in [5.74, 6) is 0. The lowest BCUT2D eigenvalue weighted by molar-refractivity contribution is 0.113. The Kier molecular flexibility index (Phi) is 7.63. The Morgan fingerprint density at radius 3 is 1.25 bits per heavy atom. The van der Waals surface area contributed by atoms with Crippen LogP contribution in [0.1, 0.15) is 31.1 Å². The maximum atomic E-state index is 6.99. The summed E-state index contributed by atoms with van der Waals surface area (Å²) >= 11 is 0. The van der Waals surface area contributed by atoms with Crippen molar-refractivity contribution in [1.82, 2.24) is 0 Å². The predicted octanol–water partition coefficient (Wildman–Crippen LogP) is 6.84. The predicted molar refractivity (Wildman–Crippen MR) is 126 cm³/mol. The first kappa shape index (κ1) is 23.3. The van der Waals surface area contributed by atoms with Crippen LogP contribution in [0.15, 0.2) is 60.7 Å². The molecule has 154 valence electrons. The molecule has 0 amide bonds. The molecule has 2 rings (SSSR count). The molecule has 0 radical (unpaired) electrons. The first-order valence-corrected chi connectivity index (χ1v) is 18.7. The van der Waals surface area contributed by atoms with E-state index in [4.69, 9.17) is 12.7 Å². The summed E-state index contributed by atoms with van der Waals surface area (Å²) in [4.78, 5) is 0. The fourth-order valence-corrected chi connectivity index (χ4v) is 13.6. The van der Waals surface area contributed by atoms with E-state index in [2.05, 4.69) is 102 Å². The zero-order valence-electron chi connectivity index (χ0n) is 18.7. The average Bonchev–Trinajstić information content (AvgIpc) is 2.58. The Bertz CT molecular complexity index is 667. The molecule has 0 saturated carbocycles. The summed E-state index contributed by atoms with van der Waals surface area (Å²) in [7, 11) is -6.73. The van der Waals surface area contributed by atoms with E-state index in [1.54, 1.807) is 0 Å². The number of hydrogen-bond acceptors (Lipinski definition) is 3. The highest BCUT2D eigenvalue weighted by atomic mass is 28.5. The Balaban J connectivity index is 2.55. The molecular formula is C22H36O3Si3. The third-order valence-electron chi connectivity index (χ3n) is 4.09. The summed E-state index contributed by atoms with van der Waals surface area (Å²) in [6, 6.07) is 20.8. The Morgan fingerprint density at radius 2 is 0.964 bits per heavy atom. The number of hydrogen-bond donors (Lipinski definition) is 0. The SMILES string of the molecule is CC(C)[Si](OC(c1ccccc1)c1ccccc1)(O[Si](C)(C)C)O[Si](C)(C)C. The van der Waals surface area contributed by atoms with Crippen LogP contribution in [-0.4, -0.2) is 25.4 Å². The van der Waals surface area contributed by atoms with Crippen LogP contribution in [0.4, 0.5) is 0 Å². The van der Waals surface area contributed by atoms with Crippen molar-refractivity contribution >= 4 is 25.4 Å². The smallest absolute Gasteiger partial charge is 0.416 e.